The molecular formula is C13H20. The first kappa shape index (κ1) is 10.3. The van der Waals surface area contributed by atoms with Crippen LogP contribution in [0.2, 0.25) is 0 Å². The van der Waals surface area contributed by atoms with Crippen molar-refractivity contribution in [2.75, 3.05) is 0 Å². The maximum Gasteiger partial charge on any atom is -0.0230 e. The molecule has 0 aliphatic carbocycles. The van der Waals surface area contributed by atoms with Crippen LogP contribution in [0.4, 0.5) is 0 Å². The molecule has 1 aromatic carbocycles. The molecule has 1 aromatic rings. The third-order valence-electron chi connectivity index (χ3n) is 2.02. The highest BCUT2D eigenvalue weighted by Gasteiger charge is 2.11. The van der Waals surface area contributed by atoms with Crippen LogP contribution in [-0.2, 0) is 6.42 Å². The molecule has 0 fully saturated rings. The smallest absolute Gasteiger partial charge is 0.0230 e. The van der Waals surface area contributed by atoms with Gasteiger partial charge in [0.2, 0.25) is 0 Å². The molecule has 0 saturated heterocycles. The zero-order valence-electron chi connectivity index (χ0n) is 9.44. The molecule has 0 atom stereocenters. The molecule has 0 heterocycles. The largest absolute Gasteiger partial charge is 0.0599 e. The van der Waals surface area contributed by atoms with Crippen molar-refractivity contribution in [3.8, 4) is 0 Å². The minimum absolute atomic E-state index is 0.389. The molecule has 0 bridgehead atoms. The fraction of sp³-hybridized carbons (Fsp3) is 0.538. The van der Waals surface area contributed by atoms with Crippen LogP contribution in [0.5, 0.6) is 0 Å². The van der Waals surface area contributed by atoms with E-state index in [0.717, 1.165) is 6.42 Å². The van der Waals surface area contributed by atoms with E-state index in [1.54, 1.807) is 0 Å². The van der Waals surface area contributed by atoms with E-state index in [0.29, 0.717) is 5.41 Å². The fourth-order valence-electron chi connectivity index (χ4n) is 1.78. The second-order valence-corrected chi connectivity index (χ2v) is 5.23. The SMILES string of the molecule is Cc1cc(C)cc(CC(C)(C)C)c1. The predicted octanol–water partition coefficient (Wildman–Crippen LogP) is 3.89. The van der Waals surface area contributed by atoms with E-state index in [2.05, 4.69) is 52.8 Å². The van der Waals surface area contributed by atoms with Crippen LogP contribution in [0.1, 0.15) is 37.5 Å². The van der Waals surface area contributed by atoms with Crippen molar-refractivity contribution in [3.63, 3.8) is 0 Å². The Bertz CT molecular complexity index is 269. The van der Waals surface area contributed by atoms with Gasteiger partial charge < -0.3 is 0 Å². The van der Waals surface area contributed by atoms with E-state index in [-0.39, 0.29) is 0 Å². The van der Waals surface area contributed by atoms with E-state index < -0.39 is 0 Å². The summed E-state index contributed by atoms with van der Waals surface area (Å²) in [7, 11) is 0. The molecule has 0 aromatic heterocycles. The van der Waals surface area contributed by atoms with Gasteiger partial charge in [0.15, 0.2) is 0 Å². The molecule has 0 aliphatic heterocycles. The summed E-state index contributed by atoms with van der Waals surface area (Å²) in [5, 5.41) is 0. The van der Waals surface area contributed by atoms with Gasteiger partial charge in [0, 0.05) is 0 Å². The fourth-order valence-corrected chi connectivity index (χ4v) is 1.78. The molecule has 13 heavy (non-hydrogen) atoms. The second-order valence-electron chi connectivity index (χ2n) is 5.23. The molecule has 0 nitrogen and oxygen atoms in total. The molecule has 0 heteroatoms. The van der Waals surface area contributed by atoms with Crippen LogP contribution in [-0.4, -0.2) is 0 Å². The van der Waals surface area contributed by atoms with Crippen LogP contribution >= 0.6 is 0 Å². The first-order chi connectivity index (χ1) is 5.87. The van der Waals surface area contributed by atoms with Crippen molar-refractivity contribution < 1.29 is 0 Å². The molecule has 72 valence electrons. The summed E-state index contributed by atoms with van der Waals surface area (Å²) in [6, 6.07) is 6.81. The molecule has 0 N–H and O–H groups in total. The summed E-state index contributed by atoms with van der Waals surface area (Å²) in [5.41, 5.74) is 4.60. The molecule has 0 radical (unpaired) electrons. The highest BCUT2D eigenvalue weighted by molar-refractivity contribution is 5.29. The maximum absolute atomic E-state index is 2.29. The Morgan fingerprint density at radius 3 is 1.77 bits per heavy atom. The quantitative estimate of drug-likeness (QED) is 0.609. The number of rotatable bonds is 1. The van der Waals surface area contributed by atoms with E-state index in [9.17, 15) is 0 Å². The van der Waals surface area contributed by atoms with Gasteiger partial charge in [-0.05, 0) is 31.2 Å². The van der Waals surface area contributed by atoms with E-state index in [4.69, 9.17) is 0 Å². The van der Waals surface area contributed by atoms with Gasteiger partial charge in [0.1, 0.15) is 0 Å². The summed E-state index contributed by atoms with van der Waals surface area (Å²) in [6.45, 7) is 11.2. The van der Waals surface area contributed by atoms with Gasteiger partial charge in [0.05, 0.1) is 0 Å². The Morgan fingerprint density at radius 2 is 1.38 bits per heavy atom. The van der Waals surface area contributed by atoms with Crippen molar-refractivity contribution in [2.45, 2.75) is 41.0 Å². The first-order valence-corrected chi connectivity index (χ1v) is 4.94. The first-order valence-electron chi connectivity index (χ1n) is 4.94. The highest BCUT2D eigenvalue weighted by atomic mass is 14.2. The van der Waals surface area contributed by atoms with E-state index in [1.165, 1.54) is 16.7 Å². The lowest BCUT2D eigenvalue weighted by Crippen LogP contribution is -2.09. The molecular weight excluding hydrogens is 156 g/mol. The van der Waals surface area contributed by atoms with Crippen LogP contribution in [0.15, 0.2) is 18.2 Å². The summed E-state index contributed by atoms with van der Waals surface area (Å²) in [6.07, 6.45) is 1.16. The van der Waals surface area contributed by atoms with Gasteiger partial charge in [0.25, 0.3) is 0 Å². The summed E-state index contributed by atoms with van der Waals surface area (Å²) in [5.74, 6) is 0. The molecule has 0 amide bonds. The van der Waals surface area contributed by atoms with Gasteiger partial charge >= 0.3 is 0 Å². The van der Waals surface area contributed by atoms with Crippen molar-refractivity contribution in [2.24, 2.45) is 5.41 Å². The lowest BCUT2D eigenvalue weighted by atomic mass is 9.87. The second kappa shape index (κ2) is 3.53. The Labute approximate surface area is 82.0 Å². The van der Waals surface area contributed by atoms with Crippen molar-refractivity contribution in [3.05, 3.63) is 34.9 Å². The molecule has 0 unspecified atom stereocenters. The lowest BCUT2D eigenvalue weighted by Gasteiger charge is -2.18. The number of benzene rings is 1. The predicted molar refractivity (Wildman–Crippen MR) is 59.1 cm³/mol. The maximum atomic E-state index is 2.29. The molecule has 0 spiro atoms. The molecule has 0 aliphatic rings. The number of aryl methyl sites for hydroxylation is 2. The Hall–Kier alpha value is -0.780. The minimum Gasteiger partial charge on any atom is -0.0599 e. The topological polar surface area (TPSA) is 0 Å². The van der Waals surface area contributed by atoms with Crippen molar-refractivity contribution >= 4 is 0 Å². The van der Waals surface area contributed by atoms with E-state index >= 15 is 0 Å². The zero-order chi connectivity index (χ0) is 10.1. The number of hydrogen-bond acceptors (Lipinski definition) is 0. The lowest BCUT2D eigenvalue weighted by molar-refractivity contribution is 0.411. The summed E-state index contributed by atoms with van der Waals surface area (Å²) >= 11 is 0. The molecule has 1 rings (SSSR count). The summed E-state index contributed by atoms with van der Waals surface area (Å²) < 4.78 is 0. The highest BCUT2D eigenvalue weighted by Crippen LogP contribution is 2.21. The Kier molecular flexibility index (Phi) is 2.80. The van der Waals surface area contributed by atoms with Crippen LogP contribution in [0.3, 0.4) is 0 Å². The Morgan fingerprint density at radius 1 is 0.923 bits per heavy atom. The zero-order valence-corrected chi connectivity index (χ0v) is 9.44. The van der Waals surface area contributed by atoms with Gasteiger partial charge in [-0.15, -0.1) is 0 Å². The van der Waals surface area contributed by atoms with Crippen LogP contribution < -0.4 is 0 Å². The van der Waals surface area contributed by atoms with Crippen LogP contribution in [0, 0.1) is 19.3 Å². The third kappa shape index (κ3) is 3.63. The van der Waals surface area contributed by atoms with E-state index in [1.807, 2.05) is 0 Å². The minimum atomic E-state index is 0.389. The van der Waals surface area contributed by atoms with Gasteiger partial charge in [-0.2, -0.15) is 0 Å². The Balaban J connectivity index is 2.90. The van der Waals surface area contributed by atoms with Gasteiger partial charge in [-0.3, -0.25) is 0 Å². The third-order valence-corrected chi connectivity index (χ3v) is 2.02. The monoisotopic (exact) mass is 176 g/mol. The standard InChI is InChI=1S/C13H20/c1-10-6-11(2)8-12(7-10)9-13(3,4)5/h6-8H,9H2,1-5H3. The normalized spacial score (nSPS) is 11.8. The van der Waals surface area contributed by atoms with Crippen molar-refractivity contribution in [1.82, 2.24) is 0 Å². The van der Waals surface area contributed by atoms with Crippen molar-refractivity contribution in [1.29, 1.82) is 0 Å². The van der Waals surface area contributed by atoms with Gasteiger partial charge in [-0.1, -0.05) is 50.1 Å². The number of hydrogen-bond donors (Lipinski definition) is 0. The summed E-state index contributed by atoms with van der Waals surface area (Å²) in [4.78, 5) is 0. The average molecular weight is 176 g/mol. The average Bonchev–Trinajstić information content (AvgIpc) is 1.78. The molecule has 0 saturated carbocycles. The van der Waals surface area contributed by atoms with Gasteiger partial charge in [-0.25, -0.2) is 0 Å². The van der Waals surface area contributed by atoms with Crippen LogP contribution in [0.25, 0.3) is 0 Å².